The lowest BCUT2D eigenvalue weighted by Crippen LogP contribution is -2.44. The molecule has 6 atom stereocenters. The third-order valence-electron chi connectivity index (χ3n) is 9.04. The number of carbonyl (C=O) groups is 2. The van der Waals surface area contributed by atoms with E-state index in [1.807, 2.05) is 11.0 Å². The number of ketones is 1. The van der Waals surface area contributed by atoms with Gasteiger partial charge in [-0.15, -0.1) is 0 Å². The number of hydrogen-bond acceptors (Lipinski definition) is 5. The summed E-state index contributed by atoms with van der Waals surface area (Å²) >= 11 is -2.32. The van der Waals surface area contributed by atoms with Crippen molar-refractivity contribution in [3.8, 4) is 5.75 Å². The highest BCUT2D eigenvalue weighted by Crippen LogP contribution is 2.62. The molecule has 8 heteroatoms. The molecule has 7 nitrogen and oxygen atoms in total. The molecular weight excluding hydrogens is 454 g/mol. The van der Waals surface area contributed by atoms with E-state index in [1.54, 1.807) is 6.07 Å². The van der Waals surface area contributed by atoms with Crippen LogP contribution in [0.4, 0.5) is 0 Å². The summed E-state index contributed by atoms with van der Waals surface area (Å²) in [6, 6.07) is 5.75. The topological polar surface area (TPSA) is 93.1 Å². The fourth-order valence-corrected chi connectivity index (χ4v) is 7.77. The third kappa shape index (κ3) is 4.44. The molecule has 1 saturated heterocycles. The summed E-state index contributed by atoms with van der Waals surface area (Å²) in [7, 11) is 0. The number of ether oxygens (including phenoxy) is 1. The molecule has 3 fully saturated rings. The average molecular weight is 490 g/mol. The van der Waals surface area contributed by atoms with Gasteiger partial charge in [-0.05, 0) is 85.5 Å². The number of Topliss-reactive ketones (excluding diaryl/α,β-unsaturated/α-hetero) is 1. The lowest BCUT2D eigenvalue weighted by molar-refractivity contribution is -0.135. The zero-order valence-corrected chi connectivity index (χ0v) is 20.7. The van der Waals surface area contributed by atoms with Crippen LogP contribution in [0, 0.1) is 23.2 Å². The Morgan fingerprint density at radius 2 is 2.09 bits per heavy atom. The van der Waals surface area contributed by atoms with Crippen molar-refractivity contribution in [1.82, 2.24) is 4.90 Å². The van der Waals surface area contributed by atoms with Crippen LogP contribution < -0.4 is 4.18 Å². The minimum absolute atomic E-state index is 0.213. The molecule has 34 heavy (non-hydrogen) atoms. The molecule has 0 radical (unpaired) electrons. The van der Waals surface area contributed by atoms with Crippen LogP contribution >= 0.6 is 0 Å². The molecule has 0 bridgehead atoms. The van der Waals surface area contributed by atoms with E-state index in [1.165, 1.54) is 11.1 Å². The van der Waals surface area contributed by atoms with Crippen LogP contribution in [0.2, 0.25) is 0 Å². The van der Waals surface area contributed by atoms with E-state index in [2.05, 4.69) is 13.0 Å². The molecule has 1 aliphatic heterocycles. The molecular formula is C26H35NO6S. The normalized spacial score (nSPS) is 33.6. The fraction of sp³-hybridized carbons (Fsp3) is 0.692. The maximum atomic E-state index is 13.2. The summed E-state index contributed by atoms with van der Waals surface area (Å²) in [5, 5.41) is 0. The molecule has 0 aromatic heterocycles. The first-order valence-electron chi connectivity index (χ1n) is 12.7. The summed E-state index contributed by atoms with van der Waals surface area (Å²) in [5.74, 6) is 2.66. The van der Waals surface area contributed by atoms with Gasteiger partial charge in [0.15, 0.2) is 0 Å². The van der Waals surface area contributed by atoms with Gasteiger partial charge >= 0.3 is 11.4 Å². The van der Waals surface area contributed by atoms with E-state index in [-0.39, 0.29) is 11.3 Å². The van der Waals surface area contributed by atoms with Crippen LogP contribution in [0.15, 0.2) is 18.2 Å². The Morgan fingerprint density at radius 1 is 1.29 bits per heavy atom. The standard InChI is InChI=1S/C26H35NO6S/c1-26-10-9-21-20-8-6-19(33-34(30)31)15-17(20)5-7-22(21)25(26)18(16-23(26)28)3-2-4-24(29)27-11-13-32-14-12-27/h6,8,15,18,21-22,25H,2-5,7,9-14,16H2,1H3,(H,30,31)/t18-,21?,22-,25?,26-/m1/s1. The van der Waals surface area contributed by atoms with Gasteiger partial charge in [-0.1, -0.05) is 13.0 Å². The highest BCUT2D eigenvalue weighted by molar-refractivity contribution is 7.74. The lowest BCUT2D eigenvalue weighted by atomic mass is 9.54. The van der Waals surface area contributed by atoms with E-state index in [0.717, 1.165) is 38.5 Å². The van der Waals surface area contributed by atoms with Crippen LogP contribution in [0.25, 0.3) is 0 Å². The third-order valence-corrected chi connectivity index (χ3v) is 9.37. The number of morpholine rings is 1. The Labute approximate surface area is 204 Å². The smallest absolute Gasteiger partial charge is 0.357 e. The SMILES string of the molecule is C[C@]12CCC3c4ccc(OS(=O)O)cc4CC[C@H]3C1[C@H](CCCC(=O)N1CCOCC1)CC2=O. The number of carbonyl (C=O) groups excluding carboxylic acids is 2. The summed E-state index contributed by atoms with van der Waals surface area (Å²) in [6.07, 6.45) is 6.83. The maximum absolute atomic E-state index is 13.2. The van der Waals surface area contributed by atoms with Crippen LogP contribution in [-0.2, 0) is 32.1 Å². The molecule has 2 saturated carbocycles. The van der Waals surface area contributed by atoms with E-state index in [0.29, 0.717) is 74.3 Å². The average Bonchev–Trinajstić information content (AvgIpc) is 3.08. The monoisotopic (exact) mass is 489 g/mol. The minimum Gasteiger partial charge on any atom is -0.380 e. The van der Waals surface area contributed by atoms with Crippen molar-refractivity contribution in [1.29, 1.82) is 0 Å². The Kier molecular flexibility index (Phi) is 6.84. The van der Waals surface area contributed by atoms with Gasteiger partial charge in [-0.25, -0.2) is 0 Å². The molecule has 1 aromatic carbocycles. The molecule has 5 rings (SSSR count). The molecule has 1 amide bonds. The number of fused-ring (bicyclic) bond motifs is 5. The quantitative estimate of drug-likeness (QED) is 0.610. The Bertz CT molecular complexity index is 976. The first-order chi connectivity index (χ1) is 16.4. The second-order valence-corrected chi connectivity index (χ2v) is 11.3. The zero-order valence-electron chi connectivity index (χ0n) is 19.9. The molecule has 4 aliphatic rings. The summed E-state index contributed by atoms with van der Waals surface area (Å²) in [5.41, 5.74) is 2.27. The van der Waals surface area contributed by atoms with Gasteiger partial charge in [0.1, 0.15) is 11.5 Å². The van der Waals surface area contributed by atoms with Crippen molar-refractivity contribution in [3.63, 3.8) is 0 Å². The summed E-state index contributed by atoms with van der Waals surface area (Å²) in [4.78, 5) is 27.7. The van der Waals surface area contributed by atoms with E-state index in [9.17, 15) is 13.8 Å². The van der Waals surface area contributed by atoms with Gasteiger partial charge in [-0.3, -0.25) is 14.1 Å². The van der Waals surface area contributed by atoms with Crippen molar-refractivity contribution in [2.45, 2.75) is 64.2 Å². The number of aryl methyl sites for hydroxylation is 1. The summed E-state index contributed by atoms with van der Waals surface area (Å²) < 4.78 is 30.4. The summed E-state index contributed by atoms with van der Waals surface area (Å²) in [6.45, 7) is 4.81. The Balaban J connectivity index is 1.29. The number of nitrogens with zero attached hydrogens (tertiary/aromatic N) is 1. The van der Waals surface area contributed by atoms with Crippen LogP contribution in [0.5, 0.6) is 5.75 Å². The highest BCUT2D eigenvalue weighted by Gasteiger charge is 2.58. The fourth-order valence-electron chi connectivity index (χ4n) is 7.50. The largest absolute Gasteiger partial charge is 0.380 e. The molecule has 0 spiro atoms. The Morgan fingerprint density at radius 3 is 2.85 bits per heavy atom. The second-order valence-electron chi connectivity index (χ2n) is 10.7. The van der Waals surface area contributed by atoms with Crippen LogP contribution in [0.3, 0.4) is 0 Å². The van der Waals surface area contributed by atoms with Gasteiger partial charge in [0, 0.05) is 31.3 Å². The number of benzene rings is 1. The Hall–Kier alpha value is -1.77. The highest BCUT2D eigenvalue weighted by atomic mass is 32.2. The first kappa shape index (κ1) is 23.9. The van der Waals surface area contributed by atoms with E-state index in [4.69, 9.17) is 13.5 Å². The van der Waals surface area contributed by atoms with Gasteiger partial charge in [0.05, 0.1) is 13.2 Å². The first-order valence-corrected chi connectivity index (χ1v) is 13.7. The molecule has 3 aliphatic carbocycles. The molecule has 1 aromatic rings. The molecule has 1 N–H and O–H groups in total. The van der Waals surface area contributed by atoms with Gasteiger partial charge in [-0.2, -0.15) is 4.21 Å². The predicted octanol–water partition coefficient (Wildman–Crippen LogP) is 3.88. The van der Waals surface area contributed by atoms with E-state index < -0.39 is 11.4 Å². The van der Waals surface area contributed by atoms with Gasteiger partial charge < -0.3 is 13.8 Å². The number of rotatable bonds is 6. The lowest BCUT2D eigenvalue weighted by Gasteiger charge is -2.50. The number of hydrogen-bond donors (Lipinski definition) is 1. The van der Waals surface area contributed by atoms with Gasteiger partial charge in [0.2, 0.25) is 5.91 Å². The molecule has 1 heterocycles. The van der Waals surface area contributed by atoms with Crippen molar-refractivity contribution in [2.75, 3.05) is 26.3 Å². The second kappa shape index (κ2) is 9.70. The molecule has 3 unspecified atom stereocenters. The maximum Gasteiger partial charge on any atom is 0.357 e. The predicted molar refractivity (Wildman–Crippen MR) is 128 cm³/mol. The number of amides is 1. The van der Waals surface area contributed by atoms with Crippen molar-refractivity contribution >= 4 is 23.1 Å². The molecule has 186 valence electrons. The minimum atomic E-state index is -2.32. The van der Waals surface area contributed by atoms with Crippen molar-refractivity contribution in [2.24, 2.45) is 23.2 Å². The van der Waals surface area contributed by atoms with Crippen molar-refractivity contribution < 1.29 is 27.3 Å². The van der Waals surface area contributed by atoms with E-state index >= 15 is 0 Å². The van der Waals surface area contributed by atoms with Gasteiger partial charge in [0.25, 0.3) is 0 Å². The van der Waals surface area contributed by atoms with Crippen LogP contribution in [-0.4, -0.2) is 51.7 Å². The zero-order chi connectivity index (χ0) is 23.9. The van der Waals surface area contributed by atoms with Crippen molar-refractivity contribution in [3.05, 3.63) is 29.3 Å². The van der Waals surface area contributed by atoms with Crippen LogP contribution in [0.1, 0.15) is 68.9 Å².